The van der Waals surface area contributed by atoms with E-state index < -0.39 is 15.1 Å². The Labute approximate surface area is 177 Å². The molecule has 0 radical (unpaired) electrons. The van der Waals surface area contributed by atoms with E-state index in [1.54, 1.807) is 48.4 Å². The van der Waals surface area contributed by atoms with Gasteiger partial charge in [-0.2, -0.15) is 0 Å². The van der Waals surface area contributed by atoms with E-state index in [-0.39, 0.29) is 29.2 Å². The number of hydrogen-bond donors (Lipinski definition) is 1. The molecule has 8 heteroatoms. The average molecular weight is 431 g/mol. The van der Waals surface area contributed by atoms with Crippen LogP contribution < -0.4 is 15.0 Å². The molecular weight excluding hydrogens is 404 g/mol. The van der Waals surface area contributed by atoms with Crippen LogP contribution in [-0.2, 0) is 25.8 Å². The van der Waals surface area contributed by atoms with E-state index in [9.17, 15) is 18.0 Å². The van der Waals surface area contributed by atoms with Gasteiger partial charge in [-0.1, -0.05) is 0 Å². The maximum absolute atomic E-state index is 13.0. The van der Waals surface area contributed by atoms with Gasteiger partial charge in [-0.25, -0.2) is 8.42 Å². The van der Waals surface area contributed by atoms with Crippen LogP contribution in [0.3, 0.4) is 0 Å². The van der Waals surface area contributed by atoms with Crippen LogP contribution in [0.15, 0.2) is 47.4 Å². The molecule has 3 rings (SSSR count). The fourth-order valence-corrected chi connectivity index (χ4v) is 5.15. The standard InChI is InChI=1S/C22H26N2O5S/c1-14-11-17-13-20(9-10-21(17)24(14)16(3)25)30(27,28)15(2)12-22(26)23-18-5-7-19(29-4)8-6-18/h5-10,13-15H,11-12H2,1-4H3,(H,23,26). The lowest BCUT2D eigenvalue weighted by Crippen LogP contribution is -2.33. The summed E-state index contributed by atoms with van der Waals surface area (Å²) in [4.78, 5) is 26.1. The normalized spacial score (nSPS) is 16.7. The summed E-state index contributed by atoms with van der Waals surface area (Å²) in [7, 11) is -2.15. The summed E-state index contributed by atoms with van der Waals surface area (Å²) in [5, 5.41) is 1.82. The van der Waals surface area contributed by atoms with Gasteiger partial charge in [-0.15, -0.1) is 0 Å². The molecule has 30 heavy (non-hydrogen) atoms. The molecule has 160 valence electrons. The Morgan fingerprint density at radius 1 is 1.20 bits per heavy atom. The van der Waals surface area contributed by atoms with Crippen molar-refractivity contribution in [3.8, 4) is 5.75 Å². The Morgan fingerprint density at radius 2 is 1.87 bits per heavy atom. The molecular formula is C22H26N2O5S. The van der Waals surface area contributed by atoms with Gasteiger partial charge in [0.05, 0.1) is 17.3 Å². The number of hydrogen-bond acceptors (Lipinski definition) is 5. The summed E-state index contributed by atoms with van der Waals surface area (Å²) in [5.41, 5.74) is 2.15. The number of anilines is 2. The highest BCUT2D eigenvalue weighted by molar-refractivity contribution is 7.92. The first-order valence-electron chi connectivity index (χ1n) is 9.74. The number of sulfone groups is 1. The largest absolute Gasteiger partial charge is 0.497 e. The number of fused-ring (bicyclic) bond motifs is 1. The Balaban J connectivity index is 1.72. The molecule has 1 N–H and O–H groups in total. The molecule has 1 aliphatic rings. The monoisotopic (exact) mass is 430 g/mol. The third-order valence-electron chi connectivity index (χ3n) is 5.31. The van der Waals surface area contributed by atoms with Crippen LogP contribution in [-0.4, -0.2) is 38.6 Å². The lowest BCUT2D eigenvalue weighted by atomic mass is 10.1. The summed E-state index contributed by atoms with van der Waals surface area (Å²) in [6.07, 6.45) is 0.437. The highest BCUT2D eigenvalue weighted by atomic mass is 32.2. The zero-order valence-electron chi connectivity index (χ0n) is 17.5. The maximum Gasteiger partial charge on any atom is 0.225 e. The third kappa shape index (κ3) is 4.33. The molecule has 0 aromatic heterocycles. The van der Waals surface area contributed by atoms with Crippen molar-refractivity contribution in [3.63, 3.8) is 0 Å². The van der Waals surface area contributed by atoms with Crippen molar-refractivity contribution in [2.75, 3.05) is 17.3 Å². The molecule has 1 aliphatic heterocycles. The van der Waals surface area contributed by atoms with Crippen LogP contribution >= 0.6 is 0 Å². The van der Waals surface area contributed by atoms with Crippen LogP contribution in [0.25, 0.3) is 0 Å². The molecule has 0 bridgehead atoms. The molecule has 0 saturated heterocycles. The molecule has 0 aliphatic carbocycles. The molecule has 2 atom stereocenters. The van der Waals surface area contributed by atoms with E-state index in [1.165, 1.54) is 19.9 Å². The minimum absolute atomic E-state index is 0.0110. The molecule has 7 nitrogen and oxygen atoms in total. The Morgan fingerprint density at radius 3 is 2.47 bits per heavy atom. The first kappa shape index (κ1) is 21.8. The number of amides is 2. The van der Waals surface area contributed by atoms with Crippen LogP contribution in [0, 0.1) is 0 Å². The number of rotatable bonds is 6. The Kier molecular flexibility index (Phi) is 6.17. The van der Waals surface area contributed by atoms with Gasteiger partial charge in [0.25, 0.3) is 0 Å². The Hall–Kier alpha value is -2.87. The van der Waals surface area contributed by atoms with Crippen molar-refractivity contribution < 1.29 is 22.7 Å². The van der Waals surface area contributed by atoms with Crippen molar-refractivity contribution in [1.82, 2.24) is 0 Å². The lowest BCUT2D eigenvalue weighted by Gasteiger charge is -2.20. The number of ether oxygens (including phenoxy) is 1. The second kappa shape index (κ2) is 8.47. The molecule has 2 amide bonds. The molecule has 0 saturated carbocycles. The van der Waals surface area contributed by atoms with E-state index >= 15 is 0 Å². The van der Waals surface area contributed by atoms with Gasteiger partial charge in [0, 0.05) is 30.8 Å². The van der Waals surface area contributed by atoms with Gasteiger partial charge in [0.2, 0.25) is 11.8 Å². The predicted molar refractivity (Wildman–Crippen MR) is 116 cm³/mol. The molecule has 1 heterocycles. The number of benzene rings is 2. The SMILES string of the molecule is COc1ccc(NC(=O)CC(C)S(=O)(=O)c2ccc3c(c2)CC(C)N3C(C)=O)cc1. The highest BCUT2D eigenvalue weighted by Gasteiger charge is 2.32. The molecule has 0 spiro atoms. The fourth-order valence-electron chi connectivity index (χ4n) is 3.75. The average Bonchev–Trinajstić information content (AvgIpc) is 3.03. The summed E-state index contributed by atoms with van der Waals surface area (Å²) < 4.78 is 31.1. The van der Waals surface area contributed by atoms with Crippen LogP contribution in [0.2, 0.25) is 0 Å². The van der Waals surface area contributed by atoms with Gasteiger partial charge < -0.3 is 15.0 Å². The predicted octanol–water partition coefficient (Wildman–Crippen LogP) is 3.18. The van der Waals surface area contributed by atoms with Crippen LogP contribution in [0.1, 0.15) is 32.8 Å². The quantitative estimate of drug-likeness (QED) is 0.760. The first-order chi connectivity index (χ1) is 14.1. The second-order valence-corrected chi connectivity index (χ2v) is 9.94. The van der Waals surface area contributed by atoms with Gasteiger partial charge in [0.15, 0.2) is 9.84 Å². The summed E-state index contributed by atoms with van der Waals surface area (Å²) in [6, 6.07) is 11.6. The summed E-state index contributed by atoms with van der Waals surface area (Å²) >= 11 is 0. The first-order valence-corrected chi connectivity index (χ1v) is 11.3. The zero-order chi connectivity index (χ0) is 22.1. The van der Waals surface area contributed by atoms with Crippen molar-refractivity contribution in [2.45, 2.75) is 49.8 Å². The number of nitrogens with one attached hydrogen (secondary N) is 1. The van der Waals surface area contributed by atoms with E-state index in [4.69, 9.17) is 4.74 Å². The second-order valence-electron chi connectivity index (χ2n) is 7.57. The minimum atomic E-state index is -3.70. The van der Waals surface area contributed by atoms with E-state index in [2.05, 4.69) is 5.32 Å². The number of carbonyl (C=O) groups is 2. The van der Waals surface area contributed by atoms with Crippen LogP contribution in [0.4, 0.5) is 11.4 Å². The van der Waals surface area contributed by atoms with Crippen molar-refractivity contribution in [2.24, 2.45) is 0 Å². The van der Waals surface area contributed by atoms with Crippen molar-refractivity contribution in [1.29, 1.82) is 0 Å². The number of carbonyl (C=O) groups excluding carboxylic acids is 2. The third-order valence-corrected chi connectivity index (χ3v) is 7.45. The maximum atomic E-state index is 13.0. The molecule has 0 fully saturated rings. The topological polar surface area (TPSA) is 92.8 Å². The number of methoxy groups -OCH3 is 1. The zero-order valence-corrected chi connectivity index (χ0v) is 18.3. The van der Waals surface area contributed by atoms with E-state index in [0.29, 0.717) is 17.9 Å². The fraction of sp³-hybridized carbons (Fsp3) is 0.364. The number of nitrogens with zero attached hydrogens (tertiary/aromatic N) is 1. The van der Waals surface area contributed by atoms with E-state index in [0.717, 1.165) is 11.3 Å². The highest BCUT2D eigenvalue weighted by Crippen LogP contribution is 2.34. The minimum Gasteiger partial charge on any atom is -0.497 e. The summed E-state index contributed by atoms with van der Waals surface area (Å²) in [6.45, 7) is 4.96. The van der Waals surface area contributed by atoms with Crippen molar-refractivity contribution in [3.05, 3.63) is 48.0 Å². The molecule has 2 unspecified atom stereocenters. The van der Waals surface area contributed by atoms with Crippen LogP contribution in [0.5, 0.6) is 5.75 Å². The molecule has 2 aromatic rings. The smallest absolute Gasteiger partial charge is 0.225 e. The van der Waals surface area contributed by atoms with Crippen molar-refractivity contribution >= 4 is 33.0 Å². The van der Waals surface area contributed by atoms with Gasteiger partial charge in [0.1, 0.15) is 5.75 Å². The summed E-state index contributed by atoms with van der Waals surface area (Å²) in [5.74, 6) is 0.215. The lowest BCUT2D eigenvalue weighted by molar-refractivity contribution is -0.117. The molecule has 2 aromatic carbocycles. The Bertz CT molecular complexity index is 1060. The van der Waals surface area contributed by atoms with E-state index in [1.807, 2.05) is 6.92 Å². The van der Waals surface area contributed by atoms with Gasteiger partial charge in [-0.3, -0.25) is 9.59 Å². The van der Waals surface area contributed by atoms with Gasteiger partial charge in [-0.05, 0) is 68.3 Å². The van der Waals surface area contributed by atoms with Gasteiger partial charge >= 0.3 is 0 Å².